The van der Waals surface area contributed by atoms with Crippen LogP contribution in [0.2, 0.25) is 0 Å². The molecule has 2 aliphatic rings. The molecular weight excluding hydrogens is 406 g/mol. The van der Waals surface area contributed by atoms with E-state index in [4.69, 9.17) is 0 Å². The molecule has 0 spiro atoms. The number of imide groups is 1. The Hall–Kier alpha value is -2.45. The van der Waals surface area contributed by atoms with E-state index < -0.39 is 6.03 Å². The van der Waals surface area contributed by atoms with Crippen LogP contribution in [-0.4, -0.2) is 84.9 Å². The summed E-state index contributed by atoms with van der Waals surface area (Å²) in [7, 11) is 0. The van der Waals surface area contributed by atoms with Gasteiger partial charge in [0.2, 0.25) is 11.8 Å². The Kier molecular flexibility index (Phi) is 9.05. The minimum absolute atomic E-state index is 0.234. The lowest BCUT2D eigenvalue weighted by molar-refractivity contribution is -0.135. The van der Waals surface area contributed by atoms with E-state index in [0.29, 0.717) is 31.5 Å². The van der Waals surface area contributed by atoms with Gasteiger partial charge in [0.05, 0.1) is 6.54 Å². The van der Waals surface area contributed by atoms with Gasteiger partial charge in [0.1, 0.15) is 0 Å². The number of hydrogen-bond donors (Lipinski definition) is 2. The molecule has 2 aliphatic heterocycles. The molecule has 8 nitrogen and oxygen atoms in total. The Morgan fingerprint density at radius 2 is 1.56 bits per heavy atom. The summed E-state index contributed by atoms with van der Waals surface area (Å²) in [5, 5.41) is 5.09. The largest absolute Gasteiger partial charge is 0.341 e. The lowest BCUT2D eigenvalue weighted by atomic mass is 9.92. The lowest BCUT2D eigenvalue weighted by Gasteiger charge is -2.38. The van der Waals surface area contributed by atoms with Gasteiger partial charge < -0.3 is 15.1 Å². The average molecular weight is 444 g/mol. The Labute approximate surface area is 191 Å². The van der Waals surface area contributed by atoms with Gasteiger partial charge in [-0.3, -0.25) is 19.8 Å². The van der Waals surface area contributed by atoms with Crippen LogP contribution in [0.25, 0.3) is 0 Å². The smallest absolute Gasteiger partial charge is 0.321 e. The first-order valence-corrected chi connectivity index (χ1v) is 11.7. The number of urea groups is 1. The molecular formula is C24H37N5O3. The molecule has 2 atom stereocenters. The van der Waals surface area contributed by atoms with Crippen molar-refractivity contribution in [3.63, 3.8) is 0 Å². The van der Waals surface area contributed by atoms with Crippen molar-refractivity contribution in [3.8, 4) is 0 Å². The zero-order valence-corrected chi connectivity index (χ0v) is 19.4. The van der Waals surface area contributed by atoms with Crippen LogP contribution in [0.15, 0.2) is 30.3 Å². The summed E-state index contributed by atoms with van der Waals surface area (Å²) in [6, 6.07) is 9.10. The first-order chi connectivity index (χ1) is 15.4. The van der Waals surface area contributed by atoms with E-state index in [9.17, 15) is 14.4 Å². The summed E-state index contributed by atoms with van der Waals surface area (Å²) < 4.78 is 0. The topological polar surface area (TPSA) is 85.0 Å². The van der Waals surface area contributed by atoms with Crippen molar-refractivity contribution in [2.75, 3.05) is 52.4 Å². The standard InChI is InChI=1S/C24H37N5O3/c1-19-14-20(2)17-29(16-19)23(31)18-28-12-10-27(11-13-28)9-8-22(30)26-24(32)25-15-21-6-4-3-5-7-21/h3-7,19-20H,8-18H2,1-2H3,(H2,25,26,30,32). The first-order valence-electron chi connectivity index (χ1n) is 11.7. The number of piperidine rings is 1. The fraction of sp³-hybridized carbons (Fsp3) is 0.625. The predicted octanol–water partition coefficient (Wildman–Crippen LogP) is 1.52. The van der Waals surface area contributed by atoms with Gasteiger partial charge in [-0.05, 0) is 23.8 Å². The highest BCUT2D eigenvalue weighted by Crippen LogP contribution is 2.21. The van der Waals surface area contributed by atoms with E-state index >= 15 is 0 Å². The number of carbonyl (C=O) groups is 3. The molecule has 2 fully saturated rings. The number of benzene rings is 1. The molecule has 0 bridgehead atoms. The molecule has 176 valence electrons. The van der Waals surface area contributed by atoms with E-state index in [-0.39, 0.29) is 18.2 Å². The Bertz CT molecular complexity index is 754. The molecule has 3 rings (SSSR count). The lowest BCUT2D eigenvalue weighted by Crippen LogP contribution is -2.52. The summed E-state index contributed by atoms with van der Waals surface area (Å²) in [6.07, 6.45) is 1.48. The first kappa shape index (κ1) is 24.2. The quantitative estimate of drug-likeness (QED) is 0.668. The van der Waals surface area contributed by atoms with Crippen LogP contribution >= 0.6 is 0 Å². The van der Waals surface area contributed by atoms with Crippen molar-refractivity contribution in [1.82, 2.24) is 25.3 Å². The normalized spacial score (nSPS) is 22.4. The zero-order chi connectivity index (χ0) is 22.9. The van der Waals surface area contributed by atoms with E-state index in [2.05, 4.69) is 34.3 Å². The third kappa shape index (κ3) is 7.91. The third-order valence-corrected chi connectivity index (χ3v) is 6.25. The fourth-order valence-electron chi connectivity index (χ4n) is 4.60. The average Bonchev–Trinajstić information content (AvgIpc) is 2.77. The predicted molar refractivity (Wildman–Crippen MR) is 124 cm³/mol. The highest BCUT2D eigenvalue weighted by atomic mass is 16.2. The summed E-state index contributed by atoms with van der Waals surface area (Å²) in [4.78, 5) is 43.1. The number of amides is 4. The van der Waals surface area contributed by atoms with Crippen LogP contribution in [-0.2, 0) is 16.1 Å². The van der Waals surface area contributed by atoms with E-state index in [1.165, 1.54) is 6.42 Å². The van der Waals surface area contributed by atoms with Crippen molar-refractivity contribution < 1.29 is 14.4 Å². The second kappa shape index (κ2) is 12.0. The summed E-state index contributed by atoms with van der Waals surface area (Å²) >= 11 is 0. The van der Waals surface area contributed by atoms with Crippen LogP contribution in [0.1, 0.15) is 32.3 Å². The molecule has 0 radical (unpaired) electrons. The van der Waals surface area contributed by atoms with Gasteiger partial charge in [-0.2, -0.15) is 0 Å². The number of carbonyl (C=O) groups excluding carboxylic acids is 3. The van der Waals surface area contributed by atoms with E-state index in [1.807, 2.05) is 35.2 Å². The Morgan fingerprint density at radius 3 is 2.22 bits per heavy atom. The highest BCUT2D eigenvalue weighted by molar-refractivity contribution is 5.94. The van der Waals surface area contributed by atoms with Crippen LogP contribution in [0.5, 0.6) is 0 Å². The van der Waals surface area contributed by atoms with Gasteiger partial charge in [-0.25, -0.2) is 4.79 Å². The molecule has 2 saturated heterocycles. The van der Waals surface area contributed by atoms with Crippen molar-refractivity contribution in [1.29, 1.82) is 0 Å². The van der Waals surface area contributed by atoms with Gasteiger partial charge in [0.15, 0.2) is 0 Å². The number of nitrogens with zero attached hydrogens (tertiary/aromatic N) is 3. The van der Waals surface area contributed by atoms with Crippen molar-refractivity contribution in [3.05, 3.63) is 35.9 Å². The maximum absolute atomic E-state index is 12.7. The maximum Gasteiger partial charge on any atom is 0.321 e. The van der Waals surface area contributed by atoms with Gasteiger partial charge >= 0.3 is 6.03 Å². The fourth-order valence-corrected chi connectivity index (χ4v) is 4.60. The summed E-state index contributed by atoms with van der Waals surface area (Å²) in [5.74, 6) is 1.11. The number of nitrogens with one attached hydrogen (secondary N) is 2. The number of piperazine rings is 1. The Balaban J connectivity index is 1.29. The summed E-state index contributed by atoms with van der Waals surface area (Å²) in [6.45, 7) is 11.0. The molecule has 32 heavy (non-hydrogen) atoms. The zero-order valence-electron chi connectivity index (χ0n) is 19.4. The summed E-state index contributed by atoms with van der Waals surface area (Å²) in [5.41, 5.74) is 0.982. The van der Waals surface area contributed by atoms with Crippen LogP contribution in [0.4, 0.5) is 4.79 Å². The SMILES string of the molecule is CC1CC(C)CN(C(=O)CN2CCN(CCC(=O)NC(=O)NCc3ccccc3)CC2)C1. The van der Waals surface area contributed by atoms with Gasteiger partial charge in [0, 0.05) is 58.8 Å². The minimum Gasteiger partial charge on any atom is -0.341 e. The monoisotopic (exact) mass is 443 g/mol. The molecule has 2 unspecified atom stereocenters. The van der Waals surface area contributed by atoms with Crippen molar-refractivity contribution in [2.45, 2.75) is 33.2 Å². The molecule has 8 heteroatoms. The second-order valence-electron chi connectivity index (χ2n) is 9.33. The molecule has 4 amide bonds. The third-order valence-electron chi connectivity index (χ3n) is 6.25. The van der Waals surface area contributed by atoms with E-state index in [1.54, 1.807) is 0 Å². The minimum atomic E-state index is -0.469. The molecule has 1 aromatic rings. The highest BCUT2D eigenvalue weighted by Gasteiger charge is 2.27. The van der Waals surface area contributed by atoms with Crippen molar-refractivity contribution in [2.24, 2.45) is 11.8 Å². The number of likely N-dealkylation sites (tertiary alicyclic amines) is 1. The van der Waals surface area contributed by atoms with Crippen LogP contribution < -0.4 is 10.6 Å². The molecule has 0 aliphatic carbocycles. The van der Waals surface area contributed by atoms with Gasteiger partial charge in [0.25, 0.3) is 0 Å². The van der Waals surface area contributed by atoms with Crippen molar-refractivity contribution >= 4 is 17.8 Å². The molecule has 2 heterocycles. The number of rotatable bonds is 7. The maximum atomic E-state index is 12.7. The van der Waals surface area contributed by atoms with Gasteiger partial charge in [-0.1, -0.05) is 44.2 Å². The second-order valence-corrected chi connectivity index (χ2v) is 9.33. The Morgan fingerprint density at radius 1 is 0.938 bits per heavy atom. The van der Waals surface area contributed by atoms with Crippen LogP contribution in [0, 0.1) is 11.8 Å². The number of hydrogen-bond acceptors (Lipinski definition) is 5. The van der Waals surface area contributed by atoms with Crippen LogP contribution in [0.3, 0.4) is 0 Å². The van der Waals surface area contributed by atoms with E-state index in [0.717, 1.165) is 44.8 Å². The molecule has 0 saturated carbocycles. The molecule has 0 aromatic heterocycles. The molecule has 1 aromatic carbocycles. The van der Waals surface area contributed by atoms with Gasteiger partial charge in [-0.15, -0.1) is 0 Å². The molecule has 2 N–H and O–H groups in total.